The largest absolute Gasteiger partial charge is 0.459 e. The highest BCUT2D eigenvalue weighted by Crippen LogP contribution is 2.61. The SMILES string of the molecule is C=C1/C=C/[C@H](O)[C@]2(C)[C@H]([C@@H](C)[C@@H](OC(C)=O)[C@@H]3O[C@@H]32)[C@@H](OC(C)=O)[C@]2(O)[C@@H](C)C(=O)O[C@H]2[C@H]1Cl. The van der Waals surface area contributed by atoms with Crippen molar-refractivity contribution in [2.24, 2.45) is 23.2 Å². The summed E-state index contributed by atoms with van der Waals surface area (Å²) >= 11 is 6.62. The van der Waals surface area contributed by atoms with Crippen LogP contribution in [-0.4, -0.2) is 75.7 Å². The standard InChI is InChI=1S/C24H31ClO9/c1-9-7-8-14(28)23(6)15(10(2)17(31-12(4)26)18-21(23)33-18)19(32-13(5)27)24(30)11(3)22(29)34-20(24)16(9)25/h7-8,10-11,14-21,28,30H,1H2,2-6H3/b8-7+/t10-,11+,14+,15-,16+,17-,18+,19-,20+,21+,23-,24-/m1/s1. The van der Waals surface area contributed by atoms with Crippen molar-refractivity contribution in [2.45, 2.75) is 82.2 Å². The number of hydrogen-bond acceptors (Lipinski definition) is 9. The molecule has 0 spiro atoms. The van der Waals surface area contributed by atoms with Gasteiger partial charge < -0.3 is 29.2 Å². The van der Waals surface area contributed by atoms with Gasteiger partial charge in [-0.3, -0.25) is 14.4 Å². The van der Waals surface area contributed by atoms with Gasteiger partial charge in [-0.25, -0.2) is 0 Å². The Morgan fingerprint density at radius 1 is 1.18 bits per heavy atom. The van der Waals surface area contributed by atoms with E-state index in [1.54, 1.807) is 13.8 Å². The van der Waals surface area contributed by atoms with E-state index in [1.165, 1.54) is 32.9 Å². The molecule has 0 radical (unpaired) electrons. The van der Waals surface area contributed by atoms with E-state index in [1.807, 2.05) is 0 Å². The van der Waals surface area contributed by atoms with Gasteiger partial charge in [-0.05, 0) is 12.5 Å². The molecule has 2 heterocycles. The lowest BCUT2D eigenvalue weighted by atomic mass is 9.54. The van der Waals surface area contributed by atoms with Crippen molar-refractivity contribution >= 4 is 29.5 Å². The van der Waals surface area contributed by atoms with Crippen LogP contribution in [0.15, 0.2) is 24.3 Å². The van der Waals surface area contributed by atoms with Crippen LogP contribution in [0, 0.1) is 23.2 Å². The summed E-state index contributed by atoms with van der Waals surface area (Å²) < 4.78 is 22.8. The van der Waals surface area contributed by atoms with Crippen LogP contribution in [-0.2, 0) is 33.3 Å². The number of aliphatic hydroxyl groups excluding tert-OH is 1. The summed E-state index contributed by atoms with van der Waals surface area (Å²) in [6, 6.07) is 0. The van der Waals surface area contributed by atoms with E-state index in [-0.39, 0.29) is 0 Å². The summed E-state index contributed by atoms with van der Waals surface area (Å²) in [5.41, 5.74) is -2.85. The third-order valence-corrected chi connectivity index (χ3v) is 8.65. The van der Waals surface area contributed by atoms with Crippen LogP contribution in [0.1, 0.15) is 34.6 Å². The number of halogens is 1. The van der Waals surface area contributed by atoms with Gasteiger partial charge in [0.1, 0.15) is 18.3 Å². The summed E-state index contributed by atoms with van der Waals surface area (Å²) in [4.78, 5) is 36.9. The topological polar surface area (TPSA) is 132 Å². The minimum absolute atomic E-state index is 0.310. The van der Waals surface area contributed by atoms with Crippen LogP contribution in [0.4, 0.5) is 0 Å². The zero-order chi connectivity index (χ0) is 25.3. The molecule has 0 unspecified atom stereocenters. The van der Waals surface area contributed by atoms with Crippen molar-refractivity contribution in [3.8, 4) is 0 Å². The molecule has 2 saturated heterocycles. The Morgan fingerprint density at radius 2 is 1.79 bits per heavy atom. The van der Waals surface area contributed by atoms with Crippen molar-refractivity contribution < 1.29 is 43.5 Å². The molecular formula is C24H31ClO9. The minimum Gasteiger partial charge on any atom is -0.459 e. The molecule has 3 fully saturated rings. The Hall–Kier alpha value is -1.94. The van der Waals surface area contributed by atoms with E-state index in [0.717, 1.165) is 0 Å². The van der Waals surface area contributed by atoms with Gasteiger partial charge in [-0.15, -0.1) is 11.6 Å². The van der Waals surface area contributed by atoms with Crippen LogP contribution >= 0.6 is 11.6 Å². The lowest BCUT2D eigenvalue weighted by molar-refractivity contribution is -0.219. The van der Waals surface area contributed by atoms with Crippen LogP contribution in [0.5, 0.6) is 0 Å². The quantitative estimate of drug-likeness (QED) is 0.250. The number of esters is 3. The first-order chi connectivity index (χ1) is 15.8. The number of allylic oxidation sites excluding steroid dienone is 1. The molecule has 34 heavy (non-hydrogen) atoms. The second-order valence-corrected chi connectivity index (χ2v) is 10.6. The van der Waals surface area contributed by atoms with E-state index < -0.39 is 88.7 Å². The summed E-state index contributed by atoms with van der Waals surface area (Å²) in [6.07, 6.45) is -2.45. The average molecular weight is 499 g/mol. The van der Waals surface area contributed by atoms with Crippen molar-refractivity contribution in [1.82, 2.24) is 0 Å². The maximum absolute atomic E-state index is 12.7. The molecular weight excluding hydrogens is 468 g/mol. The van der Waals surface area contributed by atoms with E-state index >= 15 is 0 Å². The molecule has 9 nitrogen and oxygen atoms in total. The van der Waals surface area contributed by atoms with Crippen molar-refractivity contribution in [2.75, 3.05) is 0 Å². The maximum atomic E-state index is 12.7. The molecule has 0 aromatic carbocycles. The van der Waals surface area contributed by atoms with Crippen LogP contribution in [0.25, 0.3) is 0 Å². The second-order valence-electron chi connectivity index (χ2n) is 10.1. The van der Waals surface area contributed by atoms with Crippen LogP contribution in [0.2, 0.25) is 0 Å². The molecule has 0 aromatic rings. The number of epoxide rings is 1. The second kappa shape index (κ2) is 8.33. The highest BCUT2D eigenvalue weighted by Gasteiger charge is 2.74. The van der Waals surface area contributed by atoms with Crippen molar-refractivity contribution in [3.05, 3.63) is 24.3 Å². The van der Waals surface area contributed by atoms with Gasteiger partial charge in [0, 0.05) is 31.1 Å². The molecule has 4 rings (SSSR count). The molecule has 2 aliphatic carbocycles. The normalized spacial score (nSPS) is 50.7. The number of carbonyl (C=O) groups is 3. The number of fused-ring (bicyclic) bond motifs is 4. The van der Waals surface area contributed by atoms with Gasteiger partial charge in [0.15, 0.2) is 11.7 Å². The van der Waals surface area contributed by atoms with Gasteiger partial charge in [0.25, 0.3) is 0 Å². The lowest BCUT2D eigenvalue weighted by Gasteiger charge is -2.54. The molecule has 188 valence electrons. The molecule has 12 atom stereocenters. The number of rotatable bonds is 2. The lowest BCUT2D eigenvalue weighted by Crippen LogP contribution is -2.68. The van der Waals surface area contributed by atoms with Crippen LogP contribution < -0.4 is 0 Å². The van der Waals surface area contributed by atoms with E-state index in [0.29, 0.717) is 5.57 Å². The Morgan fingerprint density at radius 3 is 2.38 bits per heavy atom. The molecule has 1 saturated carbocycles. The molecule has 0 amide bonds. The summed E-state index contributed by atoms with van der Waals surface area (Å²) in [6.45, 7) is 11.4. The Kier molecular flexibility index (Phi) is 6.16. The number of hydrogen-bond donors (Lipinski definition) is 2. The van der Waals surface area contributed by atoms with Crippen LogP contribution in [0.3, 0.4) is 0 Å². The minimum atomic E-state index is -2.06. The highest BCUT2D eigenvalue weighted by atomic mass is 35.5. The van der Waals surface area contributed by atoms with Gasteiger partial charge in [-0.2, -0.15) is 0 Å². The Balaban J connectivity index is 1.96. The van der Waals surface area contributed by atoms with Gasteiger partial charge in [0.2, 0.25) is 0 Å². The molecule has 10 heteroatoms. The molecule has 4 aliphatic rings. The predicted molar refractivity (Wildman–Crippen MR) is 118 cm³/mol. The Bertz CT molecular complexity index is 949. The summed E-state index contributed by atoms with van der Waals surface area (Å²) in [7, 11) is 0. The summed E-state index contributed by atoms with van der Waals surface area (Å²) in [5.74, 6) is -4.39. The third kappa shape index (κ3) is 3.51. The molecule has 2 aliphatic heterocycles. The summed E-state index contributed by atoms with van der Waals surface area (Å²) in [5, 5.41) is 22.5. The number of alkyl halides is 1. The number of aliphatic hydroxyl groups is 2. The zero-order valence-corrected chi connectivity index (χ0v) is 20.5. The first-order valence-electron chi connectivity index (χ1n) is 11.4. The molecule has 2 N–H and O–H groups in total. The molecule has 0 bridgehead atoms. The molecule has 0 aromatic heterocycles. The van der Waals surface area contributed by atoms with Gasteiger partial charge >= 0.3 is 17.9 Å². The fourth-order valence-corrected chi connectivity index (χ4v) is 6.60. The highest BCUT2D eigenvalue weighted by molar-refractivity contribution is 6.23. The van der Waals surface area contributed by atoms with Crippen molar-refractivity contribution in [3.63, 3.8) is 0 Å². The number of ether oxygens (including phenoxy) is 4. The first kappa shape index (κ1) is 25.2. The maximum Gasteiger partial charge on any atom is 0.312 e. The smallest absolute Gasteiger partial charge is 0.312 e. The third-order valence-electron chi connectivity index (χ3n) is 8.14. The monoisotopic (exact) mass is 498 g/mol. The first-order valence-corrected chi connectivity index (χ1v) is 11.8. The fourth-order valence-electron chi connectivity index (χ4n) is 6.27. The van der Waals surface area contributed by atoms with Gasteiger partial charge in [0.05, 0.1) is 23.5 Å². The average Bonchev–Trinajstić information content (AvgIpc) is 3.52. The number of carbonyl (C=O) groups excluding carboxylic acids is 3. The Labute approximate surface area is 203 Å². The fraction of sp³-hybridized carbons (Fsp3) is 0.708. The van der Waals surface area contributed by atoms with E-state index in [4.69, 9.17) is 30.5 Å². The van der Waals surface area contributed by atoms with E-state index in [2.05, 4.69) is 6.58 Å². The van der Waals surface area contributed by atoms with Crippen molar-refractivity contribution in [1.29, 1.82) is 0 Å². The van der Waals surface area contributed by atoms with E-state index in [9.17, 15) is 24.6 Å². The van der Waals surface area contributed by atoms with Gasteiger partial charge in [-0.1, -0.05) is 32.6 Å². The zero-order valence-electron chi connectivity index (χ0n) is 19.8. The predicted octanol–water partition coefficient (Wildman–Crippen LogP) is 1.28.